The molecule has 0 spiro atoms. The molecule has 1 saturated heterocycles. The summed E-state index contributed by atoms with van der Waals surface area (Å²) in [6, 6.07) is 4.78. The van der Waals surface area contributed by atoms with Crippen LogP contribution in [0.2, 0.25) is 5.02 Å². The largest absolute Gasteiger partial charge is 0.399 e. The third kappa shape index (κ3) is 2.31. The number of nitrogens with two attached hydrogens (primary N) is 1. The fourth-order valence-corrected chi connectivity index (χ4v) is 2.29. The van der Waals surface area contributed by atoms with Gasteiger partial charge in [0.05, 0.1) is 13.1 Å². The minimum Gasteiger partial charge on any atom is -0.399 e. The van der Waals surface area contributed by atoms with Crippen molar-refractivity contribution >= 4 is 23.2 Å². The zero-order valence-corrected chi connectivity index (χ0v) is 11.2. The van der Waals surface area contributed by atoms with Gasteiger partial charge in [-0.25, -0.2) is 0 Å². The van der Waals surface area contributed by atoms with Gasteiger partial charge in [0.2, 0.25) is 0 Å². The first-order chi connectivity index (χ1) is 8.32. The quantitative estimate of drug-likeness (QED) is 0.804. The number of rotatable bonds is 2. The number of benzene rings is 1. The molecule has 18 heavy (non-hydrogen) atoms. The lowest BCUT2D eigenvalue weighted by Gasteiger charge is -2.49. The molecule has 3 N–H and O–H groups in total. The van der Waals surface area contributed by atoms with Gasteiger partial charge in [-0.05, 0) is 24.1 Å². The van der Waals surface area contributed by atoms with E-state index < -0.39 is 5.60 Å². The number of hydrogen-bond donors (Lipinski definition) is 2. The van der Waals surface area contributed by atoms with Gasteiger partial charge in [-0.2, -0.15) is 0 Å². The Bertz CT molecular complexity index is 462. The van der Waals surface area contributed by atoms with E-state index in [4.69, 9.17) is 17.3 Å². The number of amides is 1. The van der Waals surface area contributed by atoms with Crippen LogP contribution in [-0.2, 0) is 0 Å². The molecular weight excluding hydrogens is 252 g/mol. The Morgan fingerprint density at radius 1 is 1.44 bits per heavy atom. The van der Waals surface area contributed by atoms with Crippen molar-refractivity contribution < 1.29 is 9.90 Å². The standard InChI is InChI=1S/C13H17ClN2O2/c1-8(2)13(18)6-16(7-13)12(17)9-3-10(14)5-11(15)4-9/h3-5,8,18H,6-7,15H2,1-2H3. The zero-order valence-electron chi connectivity index (χ0n) is 10.5. The Morgan fingerprint density at radius 2 is 2.06 bits per heavy atom. The van der Waals surface area contributed by atoms with E-state index in [1.807, 2.05) is 13.8 Å². The molecule has 0 aliphatic carbocycles. The number of carbonyl (C=O) groups excluding carboxylic acids is 1. The maximum atomic E-state index is 12.1. The zero-order chi connectivity index (χ0) is 13.5. The minimum absolute atomic E-state index is 0.131. The molecule has 0 saturated carbocycles. The van der Waals surface area contributed by atoms with Crippen LogP contribution in [0.4, 0.5) is 5.69 Å². The molecule has 2 rings (SSSR count). The maximum Gasteiger partial charge on any atom is 0.254 e. The van der Waals surface area contributed by atoms with Crippen molar-refractivity contribution in [2.45, 2.75) is 19.4 Å². The van der Waals surface area contributed by atoms with Gasteiger partial charge in [0.1, 0.15) is 5.60 Å². The fraction of sp³-hybridized carbons (Fsp3) is 0.462. The highest BCUT2D eigenvalue weighted by Gasteiger charge is 2.45. The summed E-state index contributed by atoms with van der Waals surface area (Å²) in [6.07, 6.45) is 0. The molecule has 1 heterocycles. The highest BCUT2D eigenvalue weighted by molar-refractivity contribution is 6.31. The van der Waals surface area contributed by atoms with Gasteiger partial charge < -0.3 is 15.7 Å². The Morgan fingerprint density at radius 3 is 2.56 bits per heavy atom. The van der Waals surface area contributed by atoms with E-state index in [2.05, 4.69) is 0 Å². The van der Waals surface area contributed by atoms with E-state index in [1.165, 1.54) is 0 Å². The summed E-state index contributed by atoms with van der Waals surface area (Å²) >= 11 is 5.87. The lowest BCUT2D eigenvalue weighted by Crippen LogP contribution is -2.65. The molecule has 0 aromatic heterocycles. The molecule has 4 nitrogen and oxygen atoms in total. The molecule has 0 radical (unpaired) electrons. The molecule has 98 valence electrons. The van der Waals surface area contributed by atoms with Gasteiger partial charge in [-0.15, -0.1) is 0 Å². The summed E-state index contributed by atoms with van der Waals surface area (Å²) in [5, 5.41) is 10.6. The van der Waals surface area contributed by atoms with Crippen LogP contribution >= 0.6 is 11.6 Å². The fourth-order valence-electron chi connectivity index (χ4n) is 2.04. The summed E-state index contributed by atoms with van der Waals surface area (Å²) in [4.78, 5) is 13.7. The van der Waals surface area contributed by atoms with Crippen LogP contribution < -0.4 is 5.73 Å². The van der Waals surface area contributed by atoms with Gasteiger partial charge in [0.15, 0.2) is 0 Å². The second-order valence-corrected chi connectivity index (χ2v) is 5.63. The first kappa shape index (κ1) is 13.2. The summed E-state index contributed by atoms with van der Waals surface area (Å²) in [6.45, 7) is 4.60. The van der Waals surface area contributed by atoms with Gasteiger partial charge in [0, 0.05) is 16.3 Å². The van der Waals surface area contributed by atoms with Crippen LogP contribution in [0.5, 0.6) is 0 Å². The Kier molecular flexibility index (Phi) is 3.25. The van der Waals surface area contributed by atoms with E-state index in [1.54, 1.807) is 23.1 Å². The number of nitrogens with zero attached hydrogens (tertiary/aromatic N) is 1. The lowest BCUT2D eigenvalue weighted by molar-refractivity contribution is -0.110. The first-order valence-corrected chi connectivity index (χ1v) is 6.27. The van der Waals surface area contributed by atoms with E-state index >= 15 is 0 Å². The molecule has 1 aliphatic rings. The average Bonchev–Trinajstić information content (AvgIpc) is 2.22. The highest BCUT2D eigenvalue weighted by atomic mass is 35.5. The second-order valence-electron chi connectivity index (χ2n) is 5.19. The van der Waals surface area contributed by atoms with Crippen LogP contribution in [0.1, 0.15) is 24.2 Å². The van der Waals surface area contributed by atoms with Gasteiger partial charge in [-0.3, -0.25) is 4.79 Å². The smallest absolute Gasteiger partial charge is 0.254 e. The lowest BCUT2D eigenvalue weighted by atomic mass is 9.82. The molecule has 1 fully saturated rings. The van der Waals surface area contributed by atoms with E-state index in [0.717, 1.165) is 0 Å². The van der Waals surface area contributed by atoms with Crippen molar-refractivity contribution in [3.05, 3.63) is 28.8 Å². The topological polar surface area (TPSA) is 66.6 Å². The molecule has 1 aliphatic heterocycles. The van der Waals surface area contributed by atoms with Crippen molar-refractivity contribution in [2.75, 3.05) is 18.8 Å². The van der Waals surface area contributed by atoms with E-state index in [9.17, 15) is 9.90 Å². The number of likely N-dealkylation sites (tertiary alicyclic amines) is 1. The number of halogens is 1. The SMILES string of the molecule is CC(C)C1(O)CN(C(=O)c2cc(N)cc(Cl)c2)C1. The van der Waals surface area contributed by atoms with Crippen LogP contribution in [0, 0.1) is 5.92 Å². The predicted molar refractivity (Wildman–Crippen MR) is 71.6 cm³/mol. The van der Waals surface area contributed by atoms with Crippen molar-refractivity contribution in [3.63, 3.8) is 0 Å². The highest BCUT2D eigenvalue weighted by Crippen LogP contribution is 2.30. The molecule has 1 aromatic carbocycles. The van der Waals surface area contributed by atoms with Crippen molar-refractivity contribution in [1.29, 1.82) is 0 Å². The Balaban J connectivity index is 2.10. The van der Waals surface area contributed by atoms with Crippen LogP contribution in [0.25, 0.3) is 0 Å². The summed E-state index contributed by atoms with van der Waals surface area (Å²) in [5.41, 5.74) is 5.82. The summed E-state index contributed by atoms with van der Waals surface area (Å²) < 4.78 is 0. The van der Waals surface area contributed by atoms with E-state index in [-0.39, 0.29) is 11.8 Å². The van der Waals surface area contributed by atoms with Gasteiger partial charge in [0.25, 0.3) is 5.91 Å². The van der Waals surface area contributed by atoms with Crippen molar-refractivity contribution in [2.24, 2.45) is 5.92 Å². The third-order valence-electron chi connectivity index (χ3n) is 3.46. The molecule has 0 atom stereocenters. The number of carbonyl (C=O) groups is 1. The maximum absolute atomic E-state index is 12.1. The minimum atomic E-state index is -0.764. The Hall–Kier alpha value is -1.26. The van der Waals surface area contributed by atoms with Gasteiger partial charge in [-0.1, -0.05) is 25.4 Å². The number of hydrogen-bond acceptors (Lipinski definition) is 3. The number of aliphatic hydroxyl groups is 1. The predicted octanol–water partition coefficient (Wildman–Crippen LogP) is 1.77. The third-order valence-corrected chi connectivity index (χ3v) is 3.68. The second kappa shape index (κ2) is 4.44. The Labute approximate surface area is 111 Å². The van der Waals surface area contributed by atoms with Crippen molar-refractivity contribution in [3.8, 4) is 0 Å². The van der Waals surface area contributed by atoms with Gasteiger partial charge >= 0.3 is 0 Å². The van der Waals surface area contributed by atoms with Crippen LogP contribution in [0.3, 0.4) is 0 Å². The molecule has 0 bridgehead atoms. The monoisotopic (exact) mass is 268 g/mol. The summed E-state index contributed by atoms with van der Waals surface area (Å²) in [7, 11) is 0. The molecular formula is C13H17ClN2O2. The molecule has 1 amide bonds. The number of β-amino-alcohol motifs (C(OH)–C–C–N with tert-alkyl or cyclic N) is 1. The number of nitrogen functional groups attached to an aromatic ring is 1. The number of anilines is 1. The van der Waals surface area contributed by atoms with Crippen LogP contribution in [0.15, 0.2) is 18.2 Å². The molecule has 1 aromatic rings. The van der Waals surface area contributed by atoms with Crippen LogP contribution in [-0.4, -0.2) is 34.6 Å². The van der Waals surface area contributed by atoms with E-state index in [0.29, 0.717) is 29.4 Å². The average molecular weight is 269 g/mol. The normalized spacial score (nSPS) is 17.7. The molecule has 0 unspecified atom stereocenters. The first-order valence-electron chi connectivity index (χ1n) is 5.89. The molecule has 5 heteroatoms. The van der Waals surface area contributed by atoms with Crippen molar-refractivity contribution in [1.82, 2.24) is 4.90 Å². The summed E-state index contributed by atoms with van der Waals surface area (Å²) in [5.74, 6) is -0.0134.